The van der Waals surface area contributed by atoms with Gasteiger partial charge in [0.25, 0.3) is 12.2 Å². The molecule has 0 aliphatic heterocycles. The van der Waals surface area contributed by atoms with Gasteiger partial charge in [0.15, 0.2) is 0 Å². The maximum absolute atomic E-state index is 12.6. The second-order valence-corrected chi connectivity index (χ2v) is 3.53. The fourth-order valence-electron chi connectivity index (χ4n) is 2.02. The zero-order valence-corrected chi connectivity index (χ0v) is 7.68. The zero-order valence-electron chi connectivity index (χ0n) is 7.68. The van der Waals surface area contributed by atoms with Crippen molar-refractivity contribution >= 4 is 0 Å². The van der Waals surface area contributed by atoms with Gasteiger partial charge in [-0.1, -0.05) is 24.3 Å². The summed E-state index contributed by atoms with van der Waals surface area (Å²) in [5.41, 5.74) is -1.01. The monoisotopic (exact) mass is 216 g/mol. The fraction of sp³-hybridized carbons (Fsp3) is 0.273. The highest BCUT2D eigenvalue weighted by atomic mass is 19.3. The Morgan fingerprint density at radius 3 is 2.20 bits per heavy atom. The Bertz CT molecular complexity index is 393. The average Bonchev–Trinajstić information content (AvgIpc) is 2.48. The van der Waals surface area contributed by atoms with Gasteiger partial charge < -0.3 is 0 Å². The Kier molecular flexibility index (Phi) is 2.50. The minimum atomic E-state index is -2.01. The molecule has 0 spiro atoms. The molecule has 2 unspecified atom stereocenters. The number of fused-ring (bicyclic) bond motifs is 2. The Morgan fingerprint density at radius 2 is 1.60 bits per heavy atom. The van der Waals surface area contributed by atoms with E-state index in [1.807, 2.05) is 0 Å². The van der Waals surface area contributed by atoms with Crippen LogP contribution in [0.1, 0.15) is 6.42 Å². The van der Waals surface area contributed by atoms with Gasteiger partial charge in [-0.2, -0.15) is 17.6 Å². The molecule has 3 aliphatic rings. The van der Waals surface area contributed by atoms with Gasteiger partial charge in [-0.15, -0.1) is 0 Å². The normalized spacial score (nSPS) is 28.3. The first-order chi connectivity index (χ1) is 7.11. The predicted molar refractivity (Wildman–Crippen MR) is 48.4 cm³/mol. The van der Waals surface area contributed by atoms with Crippen LogP contribution in [0.4, 0.5) is 17.6 Å². The van der Waals surface area contributed by atoms with Gasteiger partial charge in [-0.25, -0.2) is 0 Å². The highest BCUT2D eigenvalue weighted by molar-refractivity contribution is 5.47. The van der Waals surface area contributed by atoms with E-state index in [0.717, 1.165) is 0 Å². The smallest absolute Gasteiger partial charge is 0.173 e. The van der Waals surface area contributed by atoms with E-state index in [9.17, 15) is 17.6 Å². The molecule has 15 heavy (non-hydrogen) atoms. The molecule has 0 nitrogen and oxygen atoms in total. The lowest BCUT2D eigenvalue weighted by Crippen LogP contribution is -2.13. The molecule has 0 aromatic heterocycles. The summed E-state index contributed by atoms with van der Waals surface area (Å²) in [6.07, 6.45) is 2.69. The lowest BCUT2D eigenvalue weighted by atomic mass is 9.82. The second kappa shape index (κ2) is 3.68. The van der Waals surface area contributed by atoms with E-state index in [4.69, 9.17) is 0 Å². The van der Waals surface area contributed by atoms with Crippen molar-refractivity contribution in [3.8, 4) is 0 Å². The van der Waals surface area contributed by atoms with Crippen LogP contribution in [0.25, 0.3) is 0 Å². The molecule has 0 radical (unpaired) electrons. The van der Waals surface area contributed by atoms with E-state index in [-0.39, 0.29) is 0 Å². The predicted octanol–water partition coefficient (Wildman–Crippen LogP) is 4.05. The van der Waals surface area contributed by atoms with Crippen molar-refractivity contribution in [2.75, 3.05) is 0 Å². The summed E-state index contributed by atoms with van der Waals surface area (Å²) >= 11 is 0. The number of allylic oxidation sites excluding steroid dienone is 6. The van der Waals surface area contributed by atoms with Crippen LogP contribution in [-0.4, -0.2) is 0 Å². The van der Waals surface area contributed by atoms with E-state index >= 15 is 0 Å². The third-order valence-corrected chi connectivity index (χ3v) is 2.69. The Morgan fingerprint density at radius 1 is 0.933 bits per heavy atom. The SMILES string of the molecule is FC(F)=C1C(=C(F)F)C2C=CC1C=CC2. The molecule has 0 N–H and O–H groups in total. The van der Waals surface area contributed by atoms with E-state index in [0.29, 0.717) is 6.42 Å². The second-order valence-electron chi connectivity index (χ2n) is 3.53. The van der Waals surface area contributed by atoms with Gasteiger partial charge in [-0.05, 0) is 6.42 Å². The average molecular weight is 216 g/mol. The molecular weight excluding hydrogens is 208 g/mol. The van der Waals surface area contributed by atoms with Crippen molar-refractivity contribution in [2.24, 2.45) is 11.8 Å². The first kappa shape index (κ1) is 10.2. The van der Waals surface area contributed by atoms with Crippen molar-refractivity contribution < 1.29 is 17.6 Å². The van der Waals surface area contributed by atoms with Gasteiger partial charge >= 0.3 is 0 Å². The van der Waals surface area contributed by atoms with Crippen LogP contribution in [0.5, 0.6) is 0 Å². The van der Waals surface area contributed by atoms with Gasteiger partial charge in [0.05, 0.1) is 0 Å². The topological polar surface area (TPSA) is 0 Å². The summed E-state index contributed by atoms with van der Waals surface area (Å²) < 4.78 is 50.5. The Hall–Kier alpha value is -1.32. The maximum Gasteiger partial charge on any atom is 0.274 e. The summed E-state index contributed by atoms with van der Waals surface area (Å²) in [4.78, 5) is 0. The van der Waals surface area contributed by atoms with Crippen LogP contribution in [0.2, 0.25) is 0 Å². The maximum atomic E-state index is 12.6. The quantitative estimate of drug-likeness (QED) is 0.423. The molecule has 3 rings (SSSR count). The molecule has 4 heteroatoms. The van der Waals surface area contributed by atoms with E-state index in [1.165, 1.54) is 0 Å². The van der Waals surface area contributed by atoms with Crippen molar-refractivity contribution in [1.29, 1.82) is 0 Å². The molecule has 2 bridgehead atoms. The highest BCUT2D eigenvalue weighted by Gasteiger charge is 2.33. The van der Waals surface area contributed by atoms with Crippen molar-refractivity contribution in [1.82, 2.24) is 0 Å². The summed E-state index contributed by atoms with van der Waals surface area (Å²) in [5.74, 6) is -1.31. The standard InChI is InChI=1S/C11H8F4/c12-10(13)8-6-2-1-3-7(5-4-6)9(8)11(14)15/h1-2,4-7H,3H2. The van der Waals surface area contributed by atoms with Crippen LogP contribution < -0.4 is 0 Å². The molecule has 0 aromatic carbocycles. The first-order valence-electron chi connectivity index (χ1n) is 4.57. The van der Waals surface area contributed by atoms with E-state index < -0.39 is 35.1 Å². The number of halogens is 4. The highest BCUT2D eigenvalue weighted by Crippen LogP contribution is 2.43. The van der Waals surface area contributed by atoms with Gasteiger partial charge in [0.2, 0.25) is 0 Å². The largest absolute Gasteiger partial charge is 0.274 e. The molecule has 0 amide bonds. The van der Waals surface area contributed by atoms with Crippen LogP contribution >= 0.6 is 0 Å². The lowest BCUT2D eigenvalue weighted by molar-refractivity contribution is 0.381. The van der Waals surface area contributed by atoms with Crippen molar-refractivity contribution in [2.45, 2.75) is 6.42 Å². The van der Waals surface area contributed by atoms with Crippen LogP contribution in [0.15, 0.2) is 47.6 Å². The summed E-state index contributed by atoms with van der Waals surface area (Å²) in [5, 5.41) is 0. The summed E-state index contributed by atoms with van der Waals surface area (Å²) in [7, 11) is 0. The van der Waals surface area contributed by atoms with Crippen LogP contribution in [0, 0.1) is 11.8 Å². The molecule has 80 valence electrons. The van der Waals surface area contributed by atoms with Crippen LogP contribution in [0.3, 0.4) is 0 Å². The Balaban J connectivity index is 2.63. The molecule has 0 aromatic rings. The summed E-state index contributed by atoms with van der Waals surface area (Å²) in [6, 6.07) is 0. The number of hydrogen-bond acceptors (Lipinski definition) is 0. The van der Waals surface area contributed by atoms with Crippen molar-refractivity contribution in [3.63, 3.8) is 0 Å². The minimum absolute atomic E-state index is 0.358. The zero-order chi connectivity index (χ0) is 11.0. The van der Waals surface area contributed by atoms with Gasteiger partial charge in [0, 0.05) is 23.0 Å². The Labute approximate surface area is 84.3 Å². The number of hydrogen-bond donors (Lipinski definition) is 0. The molecule has 0 heterocycles. The molecule has 3 aliphatic carbocycles. The van der Waals surface area contributed by atoms with Gasteiger partial charge in [0.1, 0.15) is 0 Å². The fourth-order valence-corrected chi connectivity index (χ4v) is 2.02. The molecular formula is C11H8F4. The van der Waals surface area contributed by atoms with Crippen LogP contribution in [-0.2, 0) is 0 Å². The molecule has 0 saturated heterocycles. The molecule has 2 atom stereocenters. The van der Waals surface area contributed by atoms with Gasteiger partial charge in [-0.3, -0.25) is 0 Å². The van der Waals surface area contributed by atoms with E-state index in [2.05, 4.69) is 0 Å². The van der Waals surface area contributed by atoms with E-state index in [1.54, 1.807) is 24.3 Å². The third-order valence-electron chi connectivity index (χ3n) is 2.69. The molecule has 0 fully saturated rings. The number of rotatable bonds is 0. The minimum Gasteiger partial charge on any atom is -0.173 e. The third kappa shape index (κ3) is 1.64. The van der Waals surface area contributed by atoms with Crippen molar-refractivity contribution in [3.05, 3.63) is 47.6 Å². The first-order valence-corrected chi connectivity index (χ1v) is 4.57. The molecule has 0 saturated carbocycles. The summed E-state index contributed by atoms with van der Waals surface area (Å²) in [6.45, 7) is 0. The lowest BCUT2D eigenvalue weighted by Gasteiger charge is -2.22.